The first-order chi connectivity index (χ1) is 18.1. The summed E-state index contributed by atoms with van der Waals surface area (Å²) in [5, 5.41) is 3.63. The van der Waals surface area contributed by atoms with Gasteiger partial charge in [-0.25, -0.2) is 15.0 Å². The van der Waals surface area contributed by atoms with Crippen molar-refractivity contribution in [2.75, 3.05) is 32.4 Å². The number of nitrogen functional groups attached to an aromatic ring is 1. The third kappa shape index (κ3) is 4.81. The molecule has 2 aromatic heterocycles. The Balaban J connectivity index is 1.59. The molecule has 0 saturated heterocycles. The Hall–Kier alpha value is -4.85. The standard InChI is InChI=1S/C29H27N5O3/c1-35-23-14-20(15-24(36-2)28(23)37-3)22-17-31-27-21(16-25(30)34-29(27)33-22)32-26(18-10-6-4-7-11-18)19-12-8-5-9-13-19/h4-17,26H,1-3H3,(H3,30,32,33,34). The number of nitrogens with one attached hydrogen (secondary N) is 1. The van der Waals surface area contributed by atoms with Crippen LogP contribution >= 0.6 is 0 Å². The van der Waals surface area contributed by atoms with Crippen molar-refractivity contribution in [2.45, 2.75) is 6.04 Å². The second kappa shape index (κ2) is 10.4. The lowest BCUT2D eigenvalue weighted by Crippen LogP contribution is -2.13. The molecule has 0 bridgehead atoms. The van der Waals surface area contributed by atoms with Crippen molar-refractivity contribution in [3.05, 3.63) is 96.2 Å². The molecule has 2 heterocycles. The Morgan fingerprint density at radius 2 is 1.35 bits per heavy atom. The fourth-order valence-corrected chi connectivity index (χ4v) is 4.30. The number of pyridine rings is 1. The van der Waals surface area contributed by atoms with Crippen LogP contribution in [0.3, 0.4) is 0 Å². The third-order valence-electron chi connectivity index (χ3n) is 6.06. The first-order valence-corrected chi connectivity index (χ1v) is 11.7. The van der Waals surface area contributed by atoms with Crippen molar-refractivity contribution in [3.63, 3.8) is 0 Å². The molecule has 5 aromatic rings. The highest BCUT2D eigenvalue weighted by Gasteiger charge is 2.19. The number of hydrogen-bond donors (Lipinski definition) is 2. The number of nitrogens with two attached hydrogens (primary N) is 1. The van der Waals surface area contributed by atoms with Gasteiger partial charge in [0.05, 0.1) is 44.9 Å². The van der Waals surface area contributed by atoms with Gasteiger partial charge in [-0.2, -0.15) is 0 Å². The normalized spacial score (nSPS) is 10.9. The van der Waals surface area contributed by atoms with E-state index in [4.69, 9.17) is 29.9 Å². The molecule has 37 heavy (non-hydrogen) atoms. The molecule has 0 fully saturated rings. The molecule has 0 saturated carbocycles. The van der Waals surface area contributed by atoms with Gasteiger partial charge in [-0.1, -0.05) is 60.7 Å². The Kier molecular flexibility index (Phi) is 6.72. The lowest BCUT2D eigenvalue weighted by Gasteiger charge is -2.22. The van der Waals surface area contributed by atoms with Gasteiger partial charge in [-0.05, 0) is 23.3 Å². The molecule has 3 aromatic carbocycles. The van der Waals surface area contributed by atoms with E-state index in [2.05, 4.69) is 34.6 Å². The summed E-state index contributed by atoms with van der Waals surface area (Å²) in [6, 6.07) is 25.8. The van der Waals surface area contributed by atoms with Crippen LogP contribution in [-0.4, -0.2) is 36.3 Å². The van der Waals surface area contributed by atoms with E-state index in [9.17, 15) is 0 Å². The van der Waals surface area contributed by atoms with Crippen molar-refractivity contribution >= 4 is 22.7 Å². The molecular formula is C29H27N5O3. The molecule has 0 radical (unpaired) electrons. The summed E-state index contributed by atoms with van der Waals surface area (Å²) >= 11 is 0. The van der Waals surface area contributed by atoms with Gasteiger partial charge in [0.1, 0.15) is 11.3 Å². The quantitative estimate of drug-likeness (QED) is 0.292. The van der Waals surface area contributed by atoms with Crippen molar-refractivity contribution in [1.29, 1.82) is 0 Å². The molecule has 0 unspecified atom stereocenters. The van der Waals surface area contributed by atoms with Crippen LogP contribution in [0.1, 0.15) is 17.2 Å². The molecular weight excluding hydrogens is 466 g/mol. The fourth-order valence-electron chi connectivity index (χ4n) is 4.30. The van der Waals surface area contributed by atoms with Gasteiger partial charge < -0.3 is 25.3 Å². The van der Waals surface area contributed by atoms with Crippen LogP contribution in [0.2, 0.25) is 0 Å². The predicted octanol–water partition coefficient (Wildman–Crippen LogP) is 5.50. The highest BCUT2D eigenvalue weighted by Crippen LogP contribution is 2.41. The molecule has 0 amide bonds. The van der Waals surface area contributed by atoms with Crippen LogP contribution in [0.5, 0.6) is 17.2 Å². The van der Waals surface area contributed by atoms with E-state index in [0.717, 1.165) is 22.4 Å². The SMILES string of the molecule is COc1cc(-c2cnc3c(NC(c4ccccc4)c4ccccc4)cc(N)nc3n2)cc(OC)c1OC. The van der Waals surface area contributed by atoms with E-state index in [1.54, 1.807) is 33.6 Å². The van der Waals surface area contributed by atoms with E-state index in [1.807, 2.05) is 48.5 Å². The Morgan fingerprint density at radius 3 is 1.89 bits per heavy atom. The molecule has 0 aliphatic carbocycles. The molecule has 0 aliphatic heterocycles. The maximum absolute atomic E-state index is 6.22. The average Bonchev–Trinajstić information content (AvgIpc) is 2.95. The van der Waals surface area contributed by atoms with Crippen molar-refractivity contribution in [3.8, 4) is 28.5 Å². The number of anilines is 2. The lowest BCUT2D eigenvalue weighted by molar-refractivity contribution is 0.324. The number of benzene rings is 3. The average molecular weight is 494 g/mol. The van der Waals surface area contributed by atoms with E-state index in [1.165, 1.54) is 0 Å². The van der Waals surface area contributed by atoms with Gasteiger partial charge >= 0.3 is 0 Å². The zero-order valence-corrected chi connectivity index (χ0v) is 20.8. The van der Waals surface area contributed by atoms with Gasteiger partial charge in [0.25, 0.3) is 0 Å². The van der Waals surface area contributed by atoms with Gasteiger partial charge in [0, 0.05) is 11.6 Å². The summed E-state index contributed by atoms with van der Waals surface area (Å²) in [5.41, 5.74) is 11.6. The van der Waals surface area contributed by atoms with Gasteiger partial charge in [-0.3, -0.25) is 0 Å². The maximum Gasteiger partial charge on any atom is 0.203 e. The summed E-state index contributed by atoms with van der Waals surface area (Å²) in [7, 11) is 4.71. The first-order valence-electron chi connectivity index (χ1n) is 11.7. The monoisotopic (exact) mass is 493 g/mol. The lowest BCUT2D eigenvalue weighted by atomic mass is 9.98. The Bertz CT molecular complexity index is 1460. The Morgan fingerprint density at radius 1 is 0.757 bits per heavy atom. The van der Waals surface area contributed by atoms with Crippen LogP contribution in [-0.2, 0) is 0 Å². The molecule has 3 N–H and O–H groups in total. The van der Waals surface area contributed by atoms with Crippen LogP contribution in [0, 0.1) is 0 Å². The molecule has 0 aliphatic rings. The molecule has 0 atom stereocenters. The highest BCUT2D eigenvalue weighted by molar-refractivity contribution is 5.88. The second-order valence-corrected chi connectivity index (χ2v) is 8.33. The number of rotatable bonds is 8. The number of fused-ring (bicyclic) bond motifs is 1. The first kappa shape index (κ1) is 23.9. The summed E-state index contributed by atoms with van der Waals surface area (Å²) in [6.45, 7) is 0. The molecule has 5 rings (SSSR count). The third-order valence-corrected chi connectivity index (χ3v) is 6.06. The number of aromatic nitrogens is 3. The Labute approximate surface area is 215 Å². The molecule has 8 heteroatoms. The van der Waals surface area contributed by atoms with Crippen LogP contribution in [0.25, 0.3) is 22.4 Å². The number of ether oxygens (including phenoxy) is 3. The fraction of sp³-hybridized carbons (Fsp3) is 0.138. The summed E-state index contributed by atoms with van der Waals surface area (Å²) in [5.74, 6) is 1.89. The van der Waals surface area contributed by atoms with Gasteiger partial charge in [-0.15, -0.1) is 0 Å². The van der Waals surface area contributed by atoms with E-state index < -0.39 is 0 Å². The zero-order valence-electron chi connectivity index (χ0n) is 20.8. The molecule has 0 spiro atoms. The minimum atomic E-state index is -0.121. The van der Waals surface area contributed by atoms with E-state index in [-0.39, 0.29) is 6.04 Å². The van der Waals surface area contributed by atoms with Crippen molar-refractivity contribution < 1.29 is 14.2 Å². The summed E-state index contributed by atoms with van der Waals surface area (Å²) in [6.07, 6.45) is 1.70. The number of methoxy groups -OCH3 is 3. The minimum absolute atomic E-state index is 0.121. The predicted molar refractivity (Wildman–Crippen MR) is 145 cm³/mol. The van der Waals surface area contributed by atoms with Crippen LogP contribution in [0.15, 0.2) is 85.1 Å². The topological polar surface area (TPSA) is 104 Å². The molecule has 186 valence electrons. The van der Waals surface area contributed by atoms with Crippen molar-refractivity contribution in [2.24, 2.45) is 0 Å². The highest BCUT2D eigenvalue weighted by atomic mass is 16.5. The van der Waals surface area contributed by atoms with Crippen molar-refractivity contribution in [1.82, 2.24) is 15.0 Å². The van der Waals surface area contributed by atoms with Gasteiger partial charge in [0.2, 0.25) is 5.75 Å². The van der Waals surface area contributed by atoms with Crippen LogP contribution in [0.4, 0.5) is 11.5 Å². The van der Waals surface area contributed by atoms with E-state index >= 15 is 0 Å². The summed E-state index contributed by atoms with van der Waals surface area (Å²) < 4.78 is 16.4. The number of nitrogens with zero attached hydrogens (tertiary/aromatic N) is 3. The maximum atomic E-state index is 6.22. The second-order valence-electron chi connectivity index (χ2n) is 8.33. The van der Waals surface area contributed by atoms with Gasteiger partial charge in [0.15, 0.2) is 17.1 Å². The van der Waals surface area contributed by atoms with E-state index in [0.29, 0.717) is 39.9 Å². The van der Waals surface area contributed by atoms with Crippen LogP contribution < -0.4 is 25.3 Å². The zero-order chi connectivity index (χ0) is 25.8. The minimum Gasteiger partial charge on any atom is -0.493 e. The number of hydrogen-bond acceptors (Lipinski definition) is 8. The molecule has 8 nitrogen and oxygen atoms in total. The largest absolute Gasteiger partial charge is 0.493 e. The smallest absolute Gasteiger partial charge is 0.203 e. The summed E-state index contributed by atoms with van der Waals surface area (Å²) in [4.78, 5) is 14.0.